The van der Waals surface area contributed by atoms with Crippen LogP contribution < -0.4 is 5.73 Å². The molecule has 2 fully saturated rings. The molecular formula is C15H28N4. The van der Waals surface area contributed by atoms with Crippen LogP contribution in [0.2, 0.25) is 0 Å². The Morgan fingerprint density at radius 3 is 2.68 bits per heavy atom. The van der Waals surface area contributed by atoms with Crippen LogP contribution in [0, 0.1) is 11.3 Å². The fourth-order valence-electron chi connectivity index (χ4n) is 3.30. The van der Waals surface area contributed by atoms with Gasteiger partial charge in [-0.15, -0.1) is 0 Å². The summed E-state index contributed by atoms with van der Waals surface area (Å²) in [4.78, 5) is 5.26. The lowest BCUT2D eigenvalue weighted by atomic mass is 9.98. The third-order valence-corrected chi connectivity index (χ3v) is 4.58. The Balaban J connectivity index is 1.59. The minimum Gasteiger partial charge on any atom is -0.314 e. The Morgan fingerprint density at radius 2 is 2.00 bits per heavy atom. The maximum atomic E-state index is 8.87. The lowest BCUT2D eigenvalue weighted by molar-refractivity contribution is 0.230. The molecule has 0 aliphatic carbocycles. The Labute approximate surface area is 117 Å². The third kappa shape index (κ3) is 4.45. The first-order valence-corrected chi connectivity index (χ1v) is 7.77. The normalized spacial score (nSPS) is 28.4. The van der Waals surface area contributed by atoms with Crippen molar-refractivity contribution in [2.75, 3.05) is 32.7 Å². The fourth-order valence-corrected chi connectivity index (χ4v) is 3.30. The van der Waals surface area contributed by atoms with E-state index in [9.17, 15) is 0 Å². The number of nitrogens with two attached hydrogens (primary N) is 1. The molecule has 2 rings (SSSR count). The smallest absolute Gasteiger partial charge is 0.101 e. The molecule has 0 radical (unpaired) electrons. The summed E-state index contributed by atoms with van der Waals surface area (Å²) in [6.45, 7) is 8.12. The minimum absolute atomic E-state index is 0.636. The molecule has 2 N–H and O–H groups in total. The number of hydrogen-bond acceptors (Lipinski definition) is 4. The molecule has 0 aromatic heterocycles. The number of likely N-dealkylation sites (tertiary alicyclic amines) is 2. The van der Waals surface area contributed by atoms with Gasteiger partial charge < -0.3 is 10.6 Å². The van der Waals surface area contributed by atoms with Gasteiger partial charge in [0.05, 0.1) is 6.07 Å². The van der Waals surface area contributed by atoms with Crippen molar-refractivity contribution in [1.29, 1.82) is 5.26 Å². The van der Waals surface area contributed by atoms with Gasteiger partial charge in [0.1, 0.15) is 5.54 Å². The molecule has 0 aromatic carbocycles. The van der Waals surface area contributed by atoms with Gasteiger partial charge in [-0.05, 0) is 71.6 Å². The lowest BCUT2D eigenvalue weighted by Crippen LogP contribution is -2.36. The molecule has 2 saturated heterocycles. The fraction of sp³-hybridized carbons (Fsp3) is 0.933. The average molecular weight is 264 g/mol. The van der Waals surface area contributed by atoms with E-state index in [0.29, 0.717) is 0 Å². The van der Waals surface area contributed by atoms with Crippen molar-refractivity contribution < 1.29 is 0 Å². The molecule has 4 nitrogen and oxygen atoms in total. The highest BCUT2D eigenvalue weighted by Crippen LogP contribution is 2.21. The molecule has 2 unspecified atom stereocenters. The second kappa shape index (κ2) is 6.69. The maximum absolute atomic E-state index is 8.87. The zero-order chi connectivity index (χ0) is 13.7. The topological polar surface area (TPSA) is 56.3 Å². The van der Waals surface area contributed by atoms with E-state index >= 15 is 0 Å². The van der Waals surface area contributed by atoms with E-state index in [1.54, 1.807) is 0 Å². The van der Waals surface area contributed by atoms with Crippen LogP contribution >= 0.6 is 0 Å². The zero-order valence-electron chi connectivity index (χ0n) is 12.3. The van der Waals surface area contributed by atoms with Crippen LogP contribution in [0.1, 0.15) is 45.4 Å². The molecule has 0 amide bonds. The number of nitriles is 1. The maximum Gasteiger partial charge on any atom is 0.101 e. The number of hydrogen-bond donors (Lipinski definition) is 1. The molecule has 0 aromatic rings. The Morgan fingerprint density at radius 1 is 1.26 bits per heavy atom. The van der Waals surface area contributed by atoms with E-state index < -0.39 is 5.54 Å². The van der Waals surface area contributed by atoms with Crippen molar-refractivity contribution in [3.8, 4) is 6.07 Å². The molecule has 0 spiro atoms. The Kier molecular flexibility index (Phi) is 5.20. The number of nitrogens with zero attached hydrogens (tertiary/aromatic N) is 3. The number of rotatable bonds is 6. The van der Waals surface area contributed by atoms with Gasteiger partial charge in [-0.1, -0.05) is 0 Å². The van der Waals surface area contributed by atoms with Gasteiger partial charge in [0, 0.05) is 12.6 Å². The van der Waals surface area contributed by atoms with Gasteiger partial charge in [-0.2, -0.15) is 5.26 Å². The average Bonchev–Trinajstić information content (AvgIpc) is 3.05. The SMILES string of the molecule is CC(N)(C#N)CCCCN1CCC(N2CCCC2)C1. The molecule has 108 valence electrons. The molecule has 0 saturated carbocycles. The highest BCUT2D eigenvalue weighted by atomic mass is 15.3. The summed E-state index contributed by atoms with van der Waals surface area (Å²) in [5.41, 5.74) is 5.20. The van der Waals surface area contributed by atoms with Crippen LogP contribution in [-0.2, 0) is 0 Å². The van der Waals surface area contributed by atoms with Crippen molar-refractivity contribution in [3.63, 3.8) is 0 Å². The molecule has 4 heteroatoms. The summed E-state index contributed by atoms with van der Waals surface area (Å²) < 4.78 is 0. The highest BCUT2D eigenvalue weighted by molar-refractivity contribution is 5.00. The van der Waals surface area contributed by atoms with Crippen molar-refractivity contribution in [2.24, 2.45) is 5.73 Å². The minimum atomic E-state index is -0.636. The Hall–Kier alpha value is -0.630. The van der Waals surface area contributed by atoms with Crippen LogP contribution in [-0.4, -0.2) is 54.1 Å². The van der Waals surface area contributed by atoms with Gasteiger partial charge >= 0.3 is 0 Å². The van der Waals surface area contributed by atoms with Gasteiger partial charge in [0.15, 0.2) is 0 Å². The molecule has 2 aliphatic heterocycles. The van der Waals surface area contributed by atoms with Crippen molar-refractivity contribution in [3.05, 3.63) is 0 Å². The van der Waals surface area contributed by atoms with E-state index in [2.05, 4.69) is 15.9 Å². The van der Waals surface area contributed by atoms with E-state index in [0.717, 1.165) is 18.9 Å². The van der Waals surface area contributed by atoms with Gasteiger partial charge in [0.2, 0.25) is 0 Å². The van der Waals surface area contributed by atoms with Gasteiger partial charge in [-0.3, -0.25) is 4.90 Å². The predicted octanol–water partition coefficient (Wildman–Crippen LogP) is 1.57. The molecule has 2 aliphatic rings. The van der Waals surface area contributed by atoms with Crippen LogP contribution in [0.3, 0.4) is 0 Å². The summed E-state index contributed by atoms with van der Waals surface area (Å²) in [5, 5.41) is 8.87. The van der Waals surface area contributed by atoms with Crippen LogP contribution in [0.25, 0.3) is 0 Å². The first-order chi connectivity index (χ1) is 9.11. The molecule has 2 heterocycles. The van der Waals surface area contributed by atoms with E-state index in [-0.39, 0.29) is 0 Å². The third-order valence-electron chi connectivity index (χ3n) is 4.58. The summed E-state index contributed by atoms with van der Waals surface area (Å²) in [7, 11) is 0. The quantitative estimate of drug-likeness (QED) is 0.740. The number of unbranched alkanes of at least 4 members (excludes halogenated alkanes) is 1. The van der Waals surface area contributed by atoms with Crippen molar-refractivity contribution >= 4 is 0 Å². The van der Waals surface area contributed by atoms with Gasteiger partial charge in [0.25, 0.3) is 0 Å². The van der Waals surface area contributed by atoms with Crippen LogP contribution in [0.15, 0.2) is 0 Å². The second-order valence-corrected chi connectivity index (χ2v) is 6.47. The largest absolute Gasteiger partial charge is 0.314 e. The van der Waals surface area contributed by atoms with E-state index in [1.807, 2.05) is 6.92 Å². The van der Waals surface area contributed by atoms with Crippen LogP contribution in [0.4, 0.5) is 0 Å². The van der Waals surface area contributed by atoms with Crippen LogP contribution in [0.5, 0.6) is 0 Å². The predicted molar refractivity (Wildman–Crippen MR) is 77.7 cm³/mol. The molecule has 0 bridgehead atoms. The molecular weight excluding hydrogens is 236 g/mol. The molecule has 19 heavy (non-hydrogen) atoms. The standard InChI is InChI=1S/C15H28N4/c1-15(17,13-16)7-2-3-8-18-11-6-14(12-18)19-9-4-5-10-19/h14H,2-12,17H2,1H3. The zero-order valence-corrected chi connectivity index (χ0v) is 12.3. The Bertz CT molecular complexity index is 315. The van der Waals surface area contributed by atoms with Crippen molar-refractivity contribution in [1.82, 2.24) is 9.80 Å². The molecule has 2 atom stereocenters. The van der Waals surface area contributed by atoms with E-state index in [4.69, 9.17) is 11.0 Å². The highest BCUT2D eigenvalue weighted by Gasteiger charge is 2.28. The summed E-state index contributed by atoms with van der Waals surface area (Å²) in [5.74, 6) is 0. The summed E-state index contributed by atoms with van der Waals surface area (Å²) >= 11 is 0. The first-order valence-electron chi connectivity index (χ1n) is 7.77. The monoisotopic (exact) mass is 264 g/mol. The van der Waals surface area contributed by atoms with Gasteiger partial charge in [-0.25, -0.2) is 0 Å². The summed E-state index contributed by atoms with van der Waals surface area (Å²) in [6.07, 6.45) is 7.16. The van der Waals surface area contributed by atoms with E-state index in [1.165, 1.54) is 58.4 Å². The second-order valence-electron chi connectivity index (χ2n) is 6.47. The van der Waals surface area contributed by atoms with Crippen molar-refractivity contribution in [2.45, 2.75) is 57.0 Å². The lowest BCUT2D eigenvalue weighted by Gasteiger charge is -2.23. The summed E-state index contributed by atoms with van der Waals surface area (Å²) in [6, 6.07) is 2.98. The first kappa shape index (κ1) is 14.8.